The maximum Gasteiger partial charge on any atom is 0.316 e. The van der Waals surface area contributed by atoms with Crippen LogP contribution >= 0.6 is 0 Å². The Balaban J connectivity index is 1.77. The molecule has 150 valence electrons. The molecule has 0 spiro atoms. The first-order valence-electron chi connectivity index (χ1n) is 9.14. The van der Waals surface area contributed by atoms with Gasteiger partial charge in [-0.05, 0) is 35.7 Å². The summed E-state index contributed by atoms with van der Waals surface area (Å²) in [6.45, 7) is 1.78. The molecule has 3 rings (SSSR count). The van der Waals surface area contributed by atoms with Crippen LogP contribution in [0.4, 0.5) is 4.79 Å². The predicted molar refractivity (Wildman–Crippen MR) is 113 cm³/mol. The summed E-state index contributed by atoms with van der Waals surface area (Å²) in [5.74, 6) is 0. The fourth-order valence-electron chi connectivity index (χ4n) is 3.06. The first kappa shape index (κ1) is 20.6. The van der Waals surface area contributed by atoms with Gasteiger partial charge in [0.2, 0.25) is 10.0 Å². The van der Waals surface area contributed by atoms with E-state index in [-0.39, 0.29) is 17.0 Å². The zero-order valence-electron chi connectivity index (χ0n) is 15.9. The maximum absolute atomic E-state index is 12.7. The maximum atomic E-state index is 12.7. The number of rotatable bonds is 6. The molecule has 2 amide bonds. The lowest BCUT2D eigenvalue weighted by atomic mass is 9.99. The highest BCUT2D eigenvalue weighted by atomic mass is 32.2. The Morgan fingerprint density at radius 2 is 1.31 bits per heavy atom. The number of primary sulfonamides is 1. The minimum absolute atomic E-state index is 0.00973. The lowest BCUT2D eigenvalue weighted by molar-refractivity contribution is 0.235. The summed E-state index contributed by atoms with van der Waals surface area (Å²) < 4.78 is 23.1. The van der Waals surface area contributed by atoms with Gasteiger partial charge in [0.1, 0.15) is 0 Å². The minimum Gasteiger partial charge on any atom is -0.332 e. The van der Waals surface area contributed by atoms with E-state index in [1.54, 1.807) is 19.1 Å². The number of hydrogen-bond acceptors (Lipinski definition) is 3. The number of hydrogen-bond donors (Lipinski definition) is 3. The molecule has 4 N–H and O–H groups in total. The molecule has 3 aromatic carbocycles. The number of carbonyl (C=O) groups is 1. The standard InChI is InChI=1S/C22H23N3O3S/c1-16(19-13-8-14-20(15-19)29(23,27)28)24-22(26)25-21(17-9-4-2-5-10-17)18-11-6-3-7-12-18/h2-16,21H,1H3,(H2,23,27,28)(H2,24,25,26). The summed E-state index contributed by atoms with van der Waals surface area (Å²) in [5.41, 5.74) is 2.55. The van der Waals surface area contributed by atoms with Gasteiger partial charge in [0.05, 0.1) is 17.0 Å². The van der Waals surface area contributed by atoms with E-state index in [0.717, 1.165) is 11.1 Å². The molecule has 0 aliphatic heterocycles. The van der Waals surface area contributed by atoms with Crippen molar-refractivity contribution in [3.8, 4) is 0 Å². The van der Waals surface area contributed by atoms with Crippen LogP contribution in [0.5, 0.6) is 0 Å². The van der Waals surface area contributed by atoms with Crippen LogP contribution in [-0.4, -0.2) is 14.4 Å². The summed E-state index contributed by atoms with van der Waals surface area (Å²) in [6, 6.07) is 24.5. The molecular formula is C22H23N3O3S. The number of amides is 2. The normalized spacial score (nSPS) is 12.4. The summed E-state index contributed by atoms with van der Waals surface area (Å²) in [5, 5.41) is 11.1. The highest BCUT2D eigenvalue weighted by Gasteiger charge is 2.18. The summed E-state index contributed by atoms with van der Waals surface area (Å²) >= 11 is 0. The monoisotopic (exact) mass is 409 g/mol. The summed E-state index contributed by atoms with van der Waals surface area (Å²) in [7, 11) is -3.81. The van der Waals surface area contributed by atoms with Crippen LogP contribution in [0.2, 0.25) is 0 Å². The van der Waals surface area contributed by atoms with Crippen molar-refractivity contribution in [3.05, 3.63) is 102 Å². The Hall–Kier alpha value is -3.16. The number of nitrogens with two attached hydrogens (primary N) is 1. The molecule has 0 aliphatic rings. The van der Waals surface area contributed by atoms with E-state index in [1.807, 2.05) is 60.7 Å². The van der Waals surface area contributed by atoms with Crippen LogP contribution in [0, 0.1) is 0 Å². The molecule has 7 heteroatoms. The number of nitrogens with one attached hydrogen (secondary N) is 2. The molecule has 0 saturated heterocycles. The molecule has 29 heavy (non-hydrogen) atoms. The Morgan fingerprint density at radius 3 is 1.83 bits per heavy atom. The molecule has 0 heterocycles. The zero-order valence-corrected chi connectivity index (χ0v) is 16.8. The van der Waals surface area contributed by atoms with Gasteiger partial charge < -0.3 is 10.6 Å². The molecule has 0 bridgehead atoms. The van der Waals surface area contributed by atoms with E-state index in [2.05, 4.69) is 10.6 Å². The Bertz CT molecular complexity index is 1030. The Labute approximate surface area is 170 Å². The van der Waals surface area contributed by atoms with Crippen molar-refractivity contribution in [2.24, 2.45) is 5.14 Å². The smallest absolute Gasteiger partial charge is 0.316 e. The fraction of sp³-hybridized carbons (Fsp3) is 0.136. The third kappa shape index (κ3) is 5.43. The molecule has 0 aliphatic carbocycles. The second-order valence-corrected chi connectivity index (χ2v) is 8.27. The van der Waals surface area contributed by atoms with Crippen molar-refractivity contribution in [3.63, 3.8) is 0 Å². The highest BCUT2D eigenvalue weighted by Crippen LogP contribution is 2.22. The van der Waals surface area contributed by atoms with E-state index in [9.17, 15) is 13.2 Å². The van der Waals surface area contributed by atoms with Crippen LogP contribution in [0.1, 0.15) is 35.7 Å². The fourth-order valence-corrected chi connectivity index (χ4v) is 3.63. The average Bonchev–Trinajstić information content (AvgIpc) is 2.73. The first-order chi connectivity index (χ1) is 13.8. The molecule has 3 aromatic rings. The third-order valence-corrected chi connectivity index (χ3v) is 5.49. The van der Waals surface area contributed by atoms with E-state index in [4.69, 9.17) is 5.14 Å². The van der Waals surface area contributed by atoms with Crippen molar-refractivity contribution >= 4 is 16.1 Å². The first-order valence-corrected chi connectivity index (χ1v) is 10.7. The Morgan fingerprint density at radius 1 is 0.793 bits per heavy atom. The van der Waals surface area contributed by atoms with E-state index in [0.29, 0.717) is 5.56 Å². The van der Waals surface area contributed by atoms with Gasteiger partial charge in [-0.1, -0.05) is 72.8 Å². The van der Waals surface area contributed by atoms with Crippen LogP contribution in [-0.2, 0) is 10.0 Å². The van der Waals surface area contributed by atoms with Gasteiger partial charge in [-0.3, -0.25) is 0 Å². The lowest BCUT2D eigenvalue weighted by Crippen LogP contribution is -2.39. The van der Waals surface area contributed by atoms with Crippen molar-refractivity contribution in [2.75, 3.05) is 0 Å². The topological polar surface area (TPSA) is 101 Å². The largest absolute Gasteiger partial charge is 0.332 e. The second kappa shape index (κ2) is 8.89. The molecule has 0 saturated carbocycles. The zero-order chi connectivity index (χ0) is 20.9. The van der Waals surface area contributed by atoms with E-state index in [1.165, 1.54) is 12.1 Å². The van der Waals surface area contributed by atoms with Crippen LogP contribution in [0.15, 0.2) is 89.8 Å². The highest BCUT2D eigenvalue weighted by molar-refractivity contribution is 7.89. The predicted octanol–water partition coefficient (Wildman–Crippen LogP) is 3.48. The van der Waals surface area contributed by atoms with Crippen molar-refractivity contribution in [2.45, 2.75) is 23.9 Å². The van der Waals surface area contributed by atoms with Gasteiger partial charge in [0.25, 0.3) is 0 Å². The molecule has 1 unspecified atom stereocenters. The Kier molecular flexibility index (Phi) is 6.31. The van der Waals surface area contributed by atoms with Crippen molar-refractivity contribution < 1.29 is 13.2 Å². The third-order valence-electron chi connectivity index (χ3n) is 4.58. The molecule has 0 aromatic heterocycles. The number of urea groups is 1. The van der Waals surface area contributed by atoms with Gasteiger partial charge in [-0.25, -0.2) is 18.4 Å². The van der Waals surface area contributed by atoms with Gasteiger partial charge in [0.15, 0.2) is 0 Å². The van der Waals surface area contributed by atoms with E-state index < -0.39 is 16.1 Å². The van der Waals surface area contributed by atoms with Crippen LogP contribution in [0.3, 0.4) is 0 Å². The van der Waals surface area contributed by atoms with Gasteiger partial charge in [0, 0.05) is 0 Å². The minimum atomic E-state index is -3.81. The summed E-state index contributed by atoms with van der Waals surface area (Å²) in [4.78, 5) is 12.7. The van der Waals surface area contributed by atoms with Crippen LogP contribution in [0.25, 0.3) is 0 Å². The SMILES string of the molecule is CC(NC(=O)NC(c1ccccc1)c1ccccc1)c1cccc(S(N)(=O)=O)c1. The van der Waals surface area contributed by atoms with Crippen molar-refractivity contribution in [1.82, 2.24) is 10.6 Å². The summed E-state index contributed by atoms with van der Waals surface area (Å²) in [6.07, 6.45) is 0. The number of sulfonamides is 1. The molecule has 1 atom stereocenters. The number of benzene rings is 3. The quantitative estimate of drug-likeness (QED) is 0.581. The van der Waals surface area contributed by atoms with Gasteiger partial charge in [-0.2, -0.15) is 0 Å². The van der Waals surface area contributed by atoms with Gasteiger partial charge >= 0.3 is 6.03 Å². The molecule has 0 fully saturated rings. The lowest BCUT2D eigenvalue weighted by Gasteiger charge is -2.22. The molecule has 0 radical (unpaired) electrons. The molecular weight excluding hydrogens is 386 g/mol. The van der Waals surface area contributed by atoms with E-state index >= 15 is 0 Å². The average molecular weight is 410 g/mol. The van der Waals surface area contributed by atoms with Crippen molar-refractivity contribution in [1.29, 1.82) is 0 Å². The second-order valence-electron chi connectivity index (χ2n) is 6.71. The molecule has 6 nitrogen and oxygen atoms in total. The van der Waals surface area contributed by atoms with Crippen LogP contribution < -0.4 is 15.8 Å². The van der Waals surface area contributed by atoms with Gasteiger partial charge in [-0.15, -0.1) is 0 Å². The number of carbonyl (C=O) groups excluding carboxylic acids is 1.